The number of rotatable bonds is 9. The molecule has 0 saturated carbocycles. The van der Waals surface area contributed by atoms with Gasteiger partial charge in [0, 0.05) is 6.42 Å². The molecule has 0 spiro atoms. The summed E-state index contributed by atoms with van der Waals surface area (Å²) in [5.74, 6) is -3.46. The lowest BCUT2D eigenvalue weighted by atomic mass is 10.1. The van der Waals surface area contributed by atoms with Crippen molar-refractivity contribution in [2.45, 2.75) is 24.9 Å². The van der Waals surface area contributed by atoms with E-state index in [0.29, 0.717) is 0 Å². The molecule has 0 aliphatic rings. The molecule has 0 saturated heterocycles. The normalized spacial score (nSPS) is 13.2. The van der Waals surface area contributed by atoms with Gasteiger partial charge in [0.25, 0.3) is 0 Å². The molecule has 0 fully saturated rings. The van der Waals surface area contributed by atoms with Gasteiger partial charge in [-0.1, -0.05) is 0 Å². The fraction of sp³-hybridized carbons (Fsp3) is 0.556. The number of aliphatic hydroxyl groups excluding tert-OH is 1. The van der Waals surface area contributed by atoms with Gasteiger partial charge in [-0.25, -0.2) is 4.79 Å². The first-order valence-electron chi connectivity index (χ1n) is 4.97. The summed E-state index contributed by atoms with van der Waals surface area (Å²) in [7, 11) is 0. The maximum Gasteiger partial charge on any atom is 0.328 e. The van der Waals surface area contributed by atoms with Gasteiger partial charge in [0.05, 0.1) is 6.61 Å². The quantitative estimate of drug-likeness (QED) is 0.288. The van der Waals surface area contributed by atoms with Gasteiger partial charge in [-0.05, 0) is 6.42 Å². The molecule has 2 amide bonds. The molecule has 0 aliphatic heterocycles. The largest absolute Gasteiger partial charge is 0.481 e. The van der Waals surface area contributed by atoms with Crippen molar-refractivity contribution >= 4 is 24.3 Å². The lowest BCUT2D eigenvalue weighted by molar-refractivity contribution is -0.143. The van der Waals surface area contributed by atoms with Crippen molar-refractivity contribution < 1.29 is 34.5 Å². The van der Waals surface area contributed by atoms with Gasteiger partial charge in [0.2, 0.25) is 12.3 Å². The van der Waals surface area contributed by atoms with Crippen molar-refractivity contribution in [1.82, 2.24) is 10.6 Å². The summed E-state index contributed by atoms with van der Waals surface area (Å²) in [6.45, 7) is -0.812. The zero-order chi connectivity index (χ0) is 14.1. The number of amides is 2. The Balaban J connectivity index is 4.49. The molecule has 0 radical (unpaired) electrons. The number of hydrogen-bond donors (Lipinski definition) is 5. The van der Waals surface area contributed by atoms with E-state index in [1.54, 1.807) is 0 Å². The zero-order valence-corrected chi connectivity index (χ0v) is 9.33. The summed E-state index contributed by atoms with van der Waals surface area (Å²) in [6, 6.07) is -2.66. The Bertz CT molecular complexity index is 331. The van der Waals surface area contributed by atoms with E-state index in [2.05, 4.69) is 5.32 Å². The molecule has 2 atom stereocenters. The first kappa shape index (κ1) is 15.8. The van der Waals surface area contributed by atoms with E-state index < -0.39 is 36.5 Å². The highest BCUT2D eigenvalue weighted by Crippen LogP contribution is 1.98. The van der Waals surface area contributed by atoms with Crippen LogP contribution < -0.4 is 10.6 Å². The average Bonchev–Trinajstić information content (AvgIpc) is 2.30. The molecule has 18 heavy (non-hydrogen) atoms. The summed E-state index contributed by atoms with van der Waals surface area (Å²) >= 11 is 0. The lowest BCUT2D eigenvalue weighted by Crippen LogP contribution is -2.51. The van der Waals surface area contributed by atoms with E-state index in [9.17, 15) is 19.2 Å². The van der Waals surface area contributed by atoms with Crippen LogP contribution in [-0.4, -0.2) is 58.3 Å². The van der Waals surface area contributed by atoms with Gasteiger partial charge in [0.1, 0.15) is 12.1 Å². The number of aliphatic carboxylic acids is 2. The van der Waals surface area contributed by atoms with Crippen molar-refractivity contribution in [3.05, 3.63) is 0 Å². The molecule has 0 aliphatic carbocycles. The van der Waals surface area contributed by atoms with E-state index >= 15 is 0 Å². The van der Waals surface area contributed by atoms with Gasteiger partial charge in [-0.15, -0.1) is 0 Å². The molecule has 0 unspecified atom stereocenters. The maximum absolute atomic E-state index is 11.5. The highest BCUT2D eigenvalue weighted by atomic mass is 16.4. The topological polar surface area (TPSA) is 153 Å². The molecule has 9 nitrogen and oxygen atoms in total. The predicted molar refractivity (Wildman–Crippen MR) is 56.5 cm³/mol. The second-order valence-corrected chi connectivity index (χ2v) is 3.35. The molecular formula is C9H14N2O7. The molecule has 0 rings (SSSR count). The number of carbonyl (C=O) groups is 4. The van der Waals surface area contributed by atoms with E-state index in [0.717, 1.165) is 0 Å². The Morgan fingerprint density at radius 3 is 2.17 bits per heavy atom. The number of carboxylic acids is 2. The van der Waals surface area contributed by atoms with Gasteiger partial charge in [0.15, 0.2) is 0 Å². The van der Waals surface area contributed by atoms with Crippen molar-refractivity contribution in [1.29, 1.82) is 0 Å². The molecule has 0 aromatic heterocycles. The summed E-state index contributed by atoms with van der Waals surface area (Å²) in [5.41, 5.74) is 0. The first-order chi connectivity index (χ1) is 8.42. The number of aliphatic hydroxyl groups is 1. The van der Waals surface area contributed by atoms with Crippen LogP contribution in [0.5, 0.6) is 0 Å². The maximum atomic E-state index is 11.5. The third-order valence-corrected chi connectivity index (χ3v) is 2.03. The van der Waals surface area contributed by atoms with Gasteiger partial charge in [-0.2, -0.15) is 0 Å². The second kappa shape index (κ2) is 8.01. The molecule has 5 N–H and O–H groups in total. The van der Waals surface area contributed by atoms with E-state index in [1.165, 1.54) is 0 Å². The van der Waals surface area contributed by atoms with Crippen LogP contribution in [0.15, 0.2) is 0 Å². The van der Waals surface area contributed by atoms with Crippen LogP contribution in [0.25, 0.3) is 0 Å². The Hall–Kier alpha value is -2.16. The van der Waals surface area contributed by atoms with Gasteiger partial charge >= 0.3 is 11.9 Å². The van der Waals surface area contributed by atoms with Crippen molar-refractivity contribution in [3.8, 4) is 0 Å². The van der Waals surface area contributed by atoms with Crippen LogP contribution in [0.1, 0.15) is 12.8 Å². The molecule has 0 aromatic carbocycles. The first-order valence-corrected chi connectivity index (χ1v) is 4.97. The summed E-state index contributed by atoms with van der Waals surface area (Å²) in [6.07, 6.45) is -0.339. The van der Waals surface area contributed by atoms with Crippen molar-refractivity contribution in [3.63, 3.8) is 0 Å². The zero-order valence-electron chi connectivity index (χ0n) is 9.33. The fourth-order valence-electron chi connectivity index (χ4n) is 1.10. The van der Waals surface area contributed by atoms with Crippen LogP contribution in [-0.2, 0) is 19.2 Å². The second-order valence-electron chi connectivity index (χ2n) is 3.35. The fourth-order valence-corrected chi connectivity index (χ4v) is 1.10. The van der Waals surface area contributed by atoms with Gasteiger partial charge < -0.3 is 26.0 Å². The lowest BCUT2D eigenvalue weighted by Gasteiger charge is -2.18. The minimum absolute atomic E-state index is 0.183. The van der Waals surface area contributed by atoms with Crippen molar-refractivity contribution in [2.75, 3.05) is 6.61 Å². The number of carboxylic acid groups (broad SMARTS) is 2. The van der Waals surface area contributed by atoms with Crippen LogP contribution in [0, 0.1) is 0 Å². The Morgan fingerprint density at radius 1 is 1.17 bits per heavy atom. The minimum atomic E-state index is -1.50. The number of nitrogens with one attached hydrogen (secondary N) is 2. The highest BCUT2D eigenvalue weighted by Gasteiger charge is 2.24. The summed E-state index contributed by atoms with van der Waals surface area (Å²) < 4.78 is 0. The molecule has 0 heterocycles. The molecular weight excluding hydrogens is 248 g/mol. The van der Waals surface area contributed by atoms with E-state index in [1.807, 2.05) is 5.32 Å². The van der Waals surface area contributed by atoms with Crippen LogP contribution in [0.3, 0.4) is 0 Å². The molecule has 9 heteroatoms. The Labute approximate surface area is 102 Å². The average molecular weight is 262 g/mol. The smallest absolute Gasteiger partial charge is 0.328 e. The number of carbonyl (C=O) groups excluding carboxylic acids is 2. The standard InChI is InChI=1S/C9H14N2O7/c12-3-6(9(17)18)11-8(16)5(10-4-13)1-2-7(14)15/h4-6,12H,1-3H2,(H,10,13)(H,11,16)(H,14,15)(H,17,18)/t5-,6-/m0/s1. The summed E-state index contributed by atoms with van der Waals surface area (Å²) in [5, 5.41) is 29.8. The van der Waals surface area contributed by atoms with Crippen LogP contribution in [0.4, 0.5) is 0 Å². The molecule has 102 valence electrons. The van der Waals surface area contributed by atoms with E-state index in [-0.39, 0.29) is 19.3 Å². The minimum Gasteiger partial charge on any atom is -0.481 e. The van der Waals surface area contributed by atoms with Crippen LogP contribution >= 0.6 is 0 Å². The number of hydrogen-bond acceptors (Lipinski definition) is 5. The Morgan fingerprint density at radius 2 is 1.78 bits per heavy atom. The predicted octanol–water partition coefficient (Wildman–Crippen LogP) is -2.47. The summed E-state index contributed by atoms with van der Waals surface area (Å²) in [4.78, 5) is 42.7. The highest BCUT2D eigenvalue weighted by molar-refractivity contribution is 5.88. The van der Waals surface area contributed by atoms with Crippen LogP contribution in [0.2, 0.25) is 0 Å². The van der Waals surface area contributed by atoms with Crippen molar-refractivity contribution in [2.24, 2.45) is 0 Å². The van der Waals surface area contributed by atoms with E-state index in [4.69, 9.17) is 15.3 Å². The third kappa shape index (κ3) is 5.80. The molecule has 0 bridgehead atoms. The monoisotopic (exact) mass is 262 g/mol. The third-order valence-electron chi connectivity index (χ3n) is 2.03. The SMILES string of the molecule is O=CN[C@@H](CCC(=O)O)C(=O)N[C@@H](CO)C(=O)O. The van der Waals surface area contributed by atoms with Gasteiger partial charge in [-0.3, -0.25) is 14.4 Å². The molecule has 0 aromatic rings. The Kier molecular flexibility index (Phi) is 7.05.